The van der Waals surface area contributed by atoms with Crippen LogP contribution < -0.4 is 0 Å². The molecular formula is C23H28FN. The van der Waals surface area contributed by atoms with Gasteiger partial charge in [-0.1, -0.05) is 48.5 Å². The average Bonchev–Trinajstić information content (AvgIpc) is 2.63. The molecule has 2 heteroatoms. The maximum atomic E-state index is 13.0. The number of hydrogen-bond acceptors (Lipinski definition) is 1. The van der Waals surface area contributed by atoms with Gasteiger partial charge >= 0.3 is 0 Å². The van der Waals surface area contributed by atoms with Crippen molar-refractivity contribution in [1.82, 2.24) is 4.90 Å². The largest absolute Gasteiger partial charge is 0.303 e. The van der Waals surface area contributed by atoms with Crippen molar-refractivity contribution in [1.29, 1.82) is 0 Å². The number of benzene rings is 2. The van der Waals surface area contributed by atoms with Crippen molar-refractivity contribution in [2.75, 3.05) is 19.6 Å². The summed E-state index contributed by atoms with van der Waals surface area (Å²) >= 11 is 0. The number of hydrogen-bond donors (Lipinski definition) is 0. The number of halogens is 1. The monoisotopic (exact) mass is 337 g/mol. The second kappa shape index (κ2) is 8.44. The summed E-state index contributed by atoms with van der Waals surface area (Å²) in [5.74, 6) is 0.527. The maximum Gasteiger partial charge on any atom is 0.123 e. The summed E-state index contributed by atoms with van der Waals surface area (Å²) in [5, 5.41) is 0. The number of aryl methyl sites for hydroxylation is 1. The number of rotatable bonds is 6. The Labute approximate surface area is 151 Å². The van der Waals surface area contributed by atoms with Crippen molar-refractivity contribution in [2.45, 2.75) is 38.5 Å². The van der Waals surface area contributed by atoms with Gasteiger partial charge in [0.05, 0.1) is 0 Å². The molecule has 0 atom stereocenters. The number of piperidine rings is 1. The summed E-state index contributed by atoms with van der Waals surface area (Å²) in [6.07, 6.45) is 4.60. The highest BCUT2D eigenvalue weighted by Crippen LogP contribution is 2.28. The third kappa shape index (κ3) is 5.02. The third-order valence-electron chi connectivity index (χ3n) is 5.34. The van der Waals surface area contributed by atoms with Crippen LogP contribution in [0, 0.1) is 12.7 Å². The van der Waals surface area contributed by atoms with Crippen LogP contribution in [-0.4, -0.2) is 24.5 Å². The van der Waals surface area contributed by atoms with Crippen LogP contribution in [0.3, 0.4) is 0 Å². The van der Waals surface area contributed by atoms with Gasteiger partial charge in [0.25, 0.3) is 0 Å². The molecule has 0 saturated carbocycles. The summed E-state index contributed by atoms with van der Waals surface area (Å²) in [6, 6.07) is 15.7. The van der Waals surface area contributed by atoms with Crippen LogP contribution in [-0.2, 0) is 0 Å². The van der Waals surface area contributed by atoms with Crippen molar-refractivity contribution < 1.29 is 4.39 Å². The summed E-state index contributed by atoms with van der Waals surface area (Å²) in [6.45, 7) is 9.79. The van der Waals surface area contributed by atoms with Gasteiger partial charge in [0, 0.05) is 0 Å². The van der Waals surface area contributed by atoms with Gasteiger partial charge in [0.15, 0.2) is 0 Å². The fourth-order valence-corrected chi connectivity index (χ4v) is 3.67. The van der Waals surface area contributed by atoms with Crippen molar-refractivity contribution in [3.05, 3.63) is 77.6 Å². The van der Waals surface area contributed by atoms with Crippen LogP contribution in [0.5, 0.6) is 0 Å². The molecule has 3 rings (SSSR count). The smallest absolute Gasteiger partial charge is 0.123 e. The predicted molar refractivity (Wildman–Crippen MR) is 104 cm³/mol. The van der Waals surface area contributed by atoms with E-state index in [0.29, 0.717) is 5.92 Å². The van der Waals surface area contributed by atoms with E-state index in [9.17, 15) is 4.39 Å². The van der Waals surface area contributed by atoms with Crippen LogP contribution in [0.25, 0.3) is 5.57 Å². The number of likely N-dealkylation sites (tertiary alicyclic amines) is 1. The zero-order chi connectivity index (χ0) is 17.6. The van der Waals surface area contributed by atoms with Crippen molar-refractivity contribution in [2.24, 2.45) is 0 Å². The highest BCUT2D eigenvalue weighted by molar-refractivity contribution is 5.63. The number of allylic oxidation sites excluding steroid dienone is 1. The van der Waals surface area contributed by atoms with E-state index in [-0.39, 0.29) is 5.82 Å². The van der Waals surface area contributed by atoms with Crippen LogP contribution >= 0.6 is 0 Å². The molecule has 0 unspecified atom stereocenters. The zero-order valence-corrected chi connectivity index (χ0v) is 15.2. The van der Waals surface area contributed by atoms with E-state index < -0.39 is 0 Å². The van der Waals surface area contributed by atoms with E-state index >= 15 is 0 Å². The Bertz CT molecular complexity index is 679. The average molecular weight is 337 g/mol. The van der Waals surface area contributed by atoms with E-state index in [1.165, 1.54) is 49.2 Å². The first-order chi connectivity index (χ1) is 12.1. The summed E-state index contributed by atoms with van der Waals surface area (Å²) in [7, 11) is 0. The Kier molecular flexibility index (Phi) is 6.04. The van der Waals surface area contributed by atoms with E-state index in [1.54, 1.807) is 0 Å². The Hall–Kier alpha value is -1.93. The fourth-order valence-electron chi connectivity index (χ4n) is 3.67. The Balaban J connectivity index is 1.40. The molecule has 132 valence electrons. The molecular weight excluding hydrogens is 309 g/mol. The van der Waals surface area contributed by atoms with Crippen molar-refractivity contribution in [3.63, 3.8) is 0 Å². The SMILES string of the molecule is C=C(CCCN1CCC(c2ccc(C)cc2)CC1)c1ccc(F)cc1. The summed E-state index contributed by atoms with van der Waals surface area (Å²) in [5.41, 5.74) is 4.99. The first kappa shape index (κ1) is 17.9. The Morgan fingerprint density at radius 2 is 1.68 bits per heavy atom. The standard InChI is InChI=1S/C23H28FN/c1-18-5-7-21(8-6-18)22-13-16-25(17-14-22)15-3-4-19(2)20-9-11-23(24)12-10-20/h5-12,22H,2-4,13-17H2,1H3. The Morgan fingerprint density at radius 1 is 1.04 bits per heavy atom. The molecule has 1 nitrogen and oxygen atoms in total. The summed E-state index contributed by atoms with van der Waals surface area (Å²) in [4.78, 5) is 2.57. The minimum Gasteiger partial charge on any atom is -0.303 e. The minimum absolute atomic E-state index is 0.187. The topological polar surface area (TPSA) is 3.24 Å². The minimum atomic E-state index is -0.187. The second-order valence-corrected chi connectivity index (χ2v) is 7.24. The molecule has 0 amide bonds. The van der Waals surface area contributed by atoms with E-state index in [1.807, 2.05) is 12.1 Å². The van der Waals surface area contributed by atoms with Crippen molar-refractivity contribution >= 4 is 5.57 Å². The van der Waals surface area contributed by atoms with E-state index in [2.05, 4.69) is 42.7 Å². The number of nitrogens with zero attached hydrogens (tertiary/aromatic N) is 1. The highest BCUT2D eigenvalue weighted by atomic mass is 19.1. The maximum absolute atomic E-state index is 13.0. The molecule has 2 aromatic carbocycles. The molecule has 0 bridgehead atoms. The zero-order valence-electron chi connectivity index (χ0n) is 15.2. The summed E-state index contributed by atoms with van der Waals surface area (Å²) < 4.78 is 13.0. The molecule has 1 aliphatic heterocycles. The molecule has 1 heterocycles. The van der Waals surface area contributed by atoms with E-state index in [4.69, 9.17) is 0 Å². The van der Waals surface area contributed by atoms with Gasteiger partial charge in [-0.3, -0.25) is 0 Å². The van der Waals surface area contributed by atoms with Crippen LogP contribution in [0.15, 0.2) is 55.1 Å². The molecule has 1 aliphatic rings. The van der Waals surface area contributed by atoms with Crippen LogP contribution in [0.4, 0.5) is 4.39 Å². The normalized spacial score (nSPS) is 16.1. The first-order valence-electron chi connectivity index (χ1n) is 9.34. The molecule has 0 aliphatic carbocycles. The fraction of sp³-hybridized carbons (Fsp3) is 0.391. The van der Waals surface area contributed by atoms with Crippen LogP contribution in [0.2, 0.25) is 0 Å². The lowest BCUT2D eigenvalue weighted by Crippen LogP contribution is -2.33. The second-order valence-electron chi connectivity index (χ2n) is 7.24. The van der Waals surface area contributed by atoms with E-state index in [0.717, 1.165) is 30.5 Å². The quantitative estimate of drug-likeness (QED) is 0.643. The molecule has 0 radical (unpaired) electrons. The first-order valence-corrected chi connectivity index (χ1v) is 9.34. The lowest BCUT2D eigenvalue weighted by Gasteiger charge is -2.32. The highest BCUT2D eigenvalue weighted by Gasteiger charge is 2.20. The van der Waals surface area contributed by atoms with Gasteiger partial charge in [0.1, 0.15) is 5.82 Å². The molecule has 25 heavy (non-hydrogen) atoms. The lowest BCUT2D eigenvalue weighted by atomic mass is 9.89. The molecule has 0 aromatic heterocycles. The van der Waals surface area contributed by atoms with Gasteiger partial charge in [-0.15, -0.1) is 0 Å². The molecule has 2 aromatic rings. The molecule has 0 spiro atoms. The third-order valence-corrected chi connectivity index (χ3v) is 5.34. The van der Waals surface area contributed by atoms with Gasteiger partial charge in [-0.2, -0.15) is 0 Å². The molecule has 1 fully saturated rings. The van der Waals surface area contributed by atoms with Crippen molar-refractivity contribution in [3.8, 4) is 0 Å². The molecule has 1 saturated heterocycles. The Morgan fingerprint density at radius 3 is 2.32 bits per heavy atom. The lowest BCUT2D eigenvalue weighted by molar-refractivity contribution is 0.211. The molecule has 0 N–H and O–H groups in total. The van der Waals surface area contributed by atoms with Gasteiger partial charge in [-0.25, -0.2) is 4.39 Å². The van der Waals surface area contributed by atoms with Gasteiger partial charge < -0.3 is 4.90 Å². The van der Waals surface area contributed by atoms with Gasteiger partial charge in [0.2, 0.25) is 0 Å². The van der Waals surface area contributed by atoms with Crippen LogP contribution in [0.1, 0.15) is 48.3 Å². The van der Waals surface area contributed by atoms with Gasteiger partial charge in [-0.05, 0) is 87.0 Å². The predicted octanol–water partition coefficient (Wildman–Crippen LogP) is 5.81.